The van der Waals surface area contributed by atoms with Crippen LogP contribution in [0.5, 0.6) is 0 Å². The Labute approximate surface area is 149 Å². The zero-order valence-electron chi connectivity index (χ0n) is 14.8. The lowest BCUT2D eigenvalue weighted by molar-refractivity contribution is 0.302. The lowest BCUT2D eigenvalue weighted by atomic mass is 10.1. The van der Waals surface area contributed by atoms with Crippen LogP contribution >= 0.6 is 11.3 Å². The van der Waals surface area contributed by atoms with Crippen LogP contribution in [-0.4, -0.2) is 45.1 Å². The third-order valence-corrected chi connectivity index (χ3v) is 4.93. The van der Waals surface area contributed by atoms with E-state index in [1.165, 1.54) is 10.4 Å². The number of nitrogens with zero attached hydrogens (tertiary/aromatic N) is 2. The van der Waals surface area contributed by atoms with Crippen molar-refractivity contribution in [3.05, 3.63) is 58.3 Å². The van der Waals surface area contributed by atoms with Crippen LogP contribution in [0.4, 0.5) is 0 Å². The minimum atomic E-state index is 0.355. The number of hydrogen-bond donors (Lipinski definition) is 2. The average molecular weight is 345 g/mol. The molecule has 0 amide bonds. The number of guanidine groups is 1. The predicted molar refractivity (Wildman–Crippen MR) is 105 cm³/mol. The second-order valence-electron chi connectivity index (χ2n) is 5.96. The largest absolute Gasteiger partial charge is 0.356 e. The molecule has 1 aromatic carbocycles. The van der Waals surface area contributed by atoms with Gasteiger partial charge >= 0.3 is 0 Å². The van der Waals surface area contributed by atoms with Crippen molar-refractivity contribution in [1.29, 1.82) is 0 Å². The van der Waals surface area contributed by atoms with Gasteiger partial charge in [0.05, 0.1) is 6.04 Å². The third kappa shape index (κ3) is 5.98. The highest BCUT2D eigenvalue weighted by Gasteiger charge is 2.15. The predicted octanol–water partition coefficient (Wildman–Crippen LogP) is 3.15. The van der Waals surface area contributed by atoms with E-state index in [1.54, 1.807) is 11.3 Å². The van der Waals surface area contributed by atoms with Gasteiger partial charge in [-0.3, -0.25) is 4.99 Å². The molecule has 0 spiro atoms. The molecule has 0 aliphatic heterocycles. The summed E-state index contributed by atoms with van der Waals surface area (Å²) in [6, 6.07) is 15.2. The molecule has 0 bridgehead atoms. The smallest absolute Gasteiger partial charge is 0.191 e. The van der Waals surface area contributed by atoms with Crippen LogP contribution < -0.4 is 10.6 Å². The van der Waals surface area contributed by atoms with Gasteiger partial charge in [-0.15, -0.1) is 11.3 Å². The molecule has 1 heterocycles. The number of benzene rings is 1. The van der Waals surface area contributed by atoms with E-state index in [0.29, 0.717) is 6.04 Å². The van der Waals surface area contributed by atoms with Crippen molar-refractivity contribution in [2.45, 2.75) is 18.9 Å². The number of hydrogen-bond acceptors (Lipinski definition) is 3. The maximum absolute atomic E-state index is 4.32. The van der Waals surface area contributed by atoms with Crippen molar-refractivity contribution in [2.24, 2.45) is 4.99 Å². The summed E-state index contributed by atoms with van der Waals surface area (Å²) in [7, 11) is 6.05. The van der Waals surface area contributed by atoms with Gasteiger partial charge in [-0.2, -0.15) is 0 Å². The van der Waals surface area contributed by atoms with Crippen LogP contribution in [0.1, 0.15) is 22.9 Å². The van der Waals surface area contributed by atoms with Crippen LogP contribution in [-0.2, 0) is 6.42 Å². The Morgan fingerprint density at radius 1 is 1.12 bits per heavy atom. The summed E-state index contributed by atoms with van der Waals surface area (Å²) < 4.78 is 0. The molecular formula is C19H28N4S. The molecular weight excluding hydrogens is 316 g/mol. The van der Waals surface area contributed by atoms with Gasteiger partial charge in [0, 0.05) is 25.0 Å². The topological polar surface area (TPSA) is 39.7 Å². The standard InChI is InChI=1S/C19H28N4S/c1-20-19(21-13-7-11-16-9-5-4-6-10-16)22-15-17(23(2)3)18-12-8-14-24-18/h4-6,8-10,12,14,17H,7,11,13,15H2,1-3H3,(H2,20,21,22). The van der Waals surface area contributed by atoms with E-state index in [9.17, 15) is 0 Å². The molecule has 5 heteroatoms. The highest BCUT2D eigenvalue weighted by molar-refractivity contribution is 7.10. The number of rotatable bonds is 8. The second kappa shape index (κ2) is 10.1. The number of aryl methyl sites for hydroxylation is 1. The van der Waals surface area contributed by atoms with E-state index >= 15 is 0 Å². The first-order valence-corrected chi connectivity index (χ1v) is 9.27. The average Bonchev–Trinajstić information content (AvgIpc) is 3.12. The maximum atomic E-state index is 4.32. The number of nitrogens with one attached hydrogen (secondary N) is 2. The molecule has 0 saturated carbocycles. The van der Waals surface area contributed by atoms with E-state index < -0.39 is 0 Å². The van der Waals surface area contributed by atoms with Crippen molar-refractivity contribution in [3.8, 4) is 0 Å². The van der Waals surface area contributed by atoms with Crippen molar-refractivity contribution in [2.75, 3.05) is 34.2 Å². The van der Waals surface area contributed by atoms with Crippen molar-refractivity contribution < 1.29 is 0 Å². The van der Waals surface area contributed by atoms with Crippen LogP contribution in [0.25, 0.3) is 0 Å². The first-order chi connectivity index (χ1) is 11.7. The Kier molecular flexibility index (Phi) is 7.79. The molecule has 2 rings (SSSR count). The van der Waals surface area contributed by atoms with Crippen LogP contribution in [0, 0.1) is 0 Å². The summed E-state index contributed by atoms with van der Waals surface area (Å²) in [6.07, 6.45) is 2.17. The number of thiophene rings is 1. The van der Waals surface area contributed by atoms with Gasteiger partial charge < -0.3 is 15.5 Å². The normalized spacial score (nSPS) is 13.1. The Balaban J connectivity index is 1.73. The number of likely N-dealkylation sites (N-methyl/N-ethyl adjacent to an activating group) is 1. The molecule has 0 saturated heterocycles. The van der Waals surface area contributed by atoms with Gasteiger partial charge in [-0.1, -0.05) is 36.4 Å². The Morgan fingerprint density at radius 3 is 2.54 bits per heavy atom. The van der Waals surface area contributed by atoms with Gasteiger partial charge in [-0.25, -0.2) is 0 Å². The fourth-order valence-corrected chi connectivity index (χ4v) is 3.50. The zero-order chi connectivity index (χ0) is 17.2. The lowest BCUT2D eigenvalue weighted by Gasteiger charge is -2.24. The molecule has 0 radical (unpaired) electrons. The quantitative estimate of drug-likeness (QED) is 0.439. The van der Waals surface area contributed by atoms with E-state index in [1.807, 2.05) is 7.05 Å². The second-order valence-corrected chi connectivity index (χ2v) is 6.94. The Morgan fingerprint density at radius 2 is 1.92 bits per heavy atom. The summed E-state index contributed by atoms with van der Waals surface area (Å²) in [5, 5.41) is 8.97. The summed E-state index contributed by atoms with van der Waals surface area (Å²) in [4.78, 5) is 7.93. The van der Waals surface area contributed by atoms with Crippen LogP contribution in [0.15, 0.2) is 52.8 Å². The van der Waals surface area contributed by atoms with Gasteiger partial charge in [0.15, 0.2) is 5.96 Å². The van der Waals surface area contributed by atoms with E-state index in [4.69, 9.17) is 0 Å². The summed E-state index contributed by atoms with van der Waals surface area (Å²) in [5.74, 6) is 0.867. The fourth-order valence-electron chi connectivity index (χ4n) is 2.58. The molecule has 1 aromatic heterocycles. The number of aliphatic imine (C=N–C) groups is 1. The van der Waals surface area contributed by atoms with Gasteiger partial charge in [0.1, 0.15) is 0 Å². The van der Waals surface area contributed by atoms with E-state index in [2.05, 4.69) is 82.5 Å². The fraction of sp³-hybridized carbons (Fsp3) is 0.421. The molecule has 2 N–H and O–H groups in total. The highest BCUT2D eigenvalue weighted by atomic mass is 32.1. The molecule has 2 aromatic rings. The molecule has 0 aliphatic carbocycles. The van der Waals surface area contributed by atoms with E-state index in [-0.39, 0.29) is 0 Å². The van der Waals surface area contributed by atoms with Crippen molar-refractivity contribution in [1.82, 2.24) is 15.5 Å². The van der Waals surface area contributed by atoms with Crippen molar-refractivity contribution >= 4 is 17.3 Å². The Bertz CT molecular complexity index is 593. The maximum Gasteiger partial charge on any atom is 0.191 e. The minimum absolute atomic E-state index is 0.355. The van der Waals surface area contributed by atoms with Gasteiger partial charge in [0.2, 0.25) is 0 Å². The molecule has 24 heavy (non-hydrogen) atoms. The lowest BCUT2D eigenvalue weighted by Crippen LogP contribution is -2.42. The first-order valence-electron chi connectivity index (χ1n) is 8.39. The molecule has 4 nitrogen and oxygen atoms in total. The summed E-state index contributed by atoms with van der Waals surface area (Å²) >= 11 is 1.80. The third-order valence-electron chi connectivity index (χ3n) is 3.96. The van der Waals surface area contributed by atoms with E-state index in [0.717, 1.165) is 31.9 Å². The van der Waals surface area contributed by atoms with Crippen molar-refractivity contribution in [3.63, 3.8) is 0 Å². The summed E-state index contributed by atoms with van der Waals surface area (Å²) in [6.45, 7) is 1.76. The first kappa shape index (κ1) is 18.5. The molecule has 0 fully saturated rings. The van der Waals surface area contributed by atoms with Crippen LogP contribution in [0.3, 0.4) is 0 Å². The highest BCUT2D eigenvalue weighted by Crippen LogP contribution is 2.22. The minimum Gasteiger partial charge on any atom is -0.356 e. The van der Waals surface area contributed by atoms with Crippen LogP contribution in [0.2, 0.25) is 0 Å². The van der Waals surface area contributed by atoms with Gasteiger partial charge in [-0.05, 0) is 43.9 Å². The molecule has 130 valence electrons. The SMILES string of the molecule is CN=C(NCCCc1ccccc1)NCC(c1cccs1)N(C)C. The monoisotopic (exact) mass is 344 g/mol. The molecule has 1 atom stereocenters. The van der Waals surface area contributed by atoms with Gasteiger partial charge in [0.25, 0.3) is 0 Å². The summed E-state index contributed by atoms with van der Waals surface area (Å²) in [5.41, 5.74) is 1.38. The Hall–Kier alpha value is -1.85. The molecule has 1 unspecified atom stereocenters. The zero-order valence-corrected chi connectivity index (χ0v) is 15.6. The molecule has 0 aliphatic rings.